The number of nitrogens with two attached hydrogens (primary N) is 1. The molecule has 3 N–H and O–H groups in total. The van der Waals surface area contributed by atoms with Crippen LogP contribution >= 0.6 is 12.2 Å². The van der Waals surface area contributed by atoms with Crippen LogP contribution in [0.4, 0.5) is 5.69 Å². The first kappa shape index (κ1) is 15.3. The maximum Gasteiger partial charge on any atom is 0.235 e. The molecule has 0 aliphatic heterocycles. The second kappa shape index (κ2) is 6.10. The molecule has 4 nitrogen and oxygen atoms in total. The van der Waals surface area contributed by atoms with E-state index < -0.39 is 10.0 Å². The van der Waals surface area contributed by atoms with E-state index >= 15 is 0 Å². The van der Waals surface area contributed by atoms with E-state index in [9.17, 15) is 8.42 Å². The monoisotopic (exact) mass is 312 g/mol. The number of sulfonamides is 1. The molecular weight excluding hydrogens is 292 g/mol. The van der Waals surface area contributed by atoms with Crippen molar-refractivity contribution in [3.63, 3.8) is 0 Å². The van der Waals surface area contributed by atoms with Gasteiger partial charge in [-0.1, -0.05) is 43.6 Å². The third-order valence-corrected chi connectivity index (χ3v) is 5.82. The predicted octanol–water partition coefficient (Wildman–Crippen LogP) is 2.70. The maximum absolute atomic E-state index is 12.4. The van der Waals surface area contributed by atoms with Crippen LogP contribution in [0.3, 0.4) is 0 Å². The van der Waals surface area contributed by atoms with E-state index in [1.54, 1.807) is 12.1 Å². The third kappa shape index (κ3) is 3.30. The zero-order valence-corrected chi connectivity index (χ0v) is 13.2. The summed E-state index contributed by atoms with van der Waals surface area (Å²) in [4.78, 5) is 0.212. The van der Waals surface area contributed by atoms with Crippen LogP contribution in [0, 0.1) is 6.92 Å². The lowest BCUT2D eigenvalue weighted by Crippen LogP contribution is -2.30. The molecule has 0 aromatic heterocycles. The molecule has 0 spiro atoms. The van der Waals surface area contributed by atoms with E-state index in [2.05, 4.69) is 4.72 Å². The SMILES string of the molecule is Cc1cccc(NS(=O)(=O)C2CCCCC2)c1C(N)=S. The number of benzene rings is 1. The smallest absolute Gasteiger partial charge is 0.235 e. The molecule has 0 heterocycles. The van der Waals surface area contributed by atoms with Gasteiger partial charge in [0, 0.05) is 5.56 Å². The quantitative estimate of drug-likeness (QED) is 0.839. The van der Waals surface area contributed by atoms with Gasteiger partial charge in [-0.3, -0.25) is 4.72 Å². The first-order chi connectivity index (χ1) is 9.42. The Morgan fingerprint density at radius 2 is 1.95 bits per heavy atom. The van der Waals surface area contributed by atoms with Crippen molar-refractivity contribution in [1.29, 1.82) is 0 Å². The fourth-order valence-corrected chi connectivity index (χ4v) is 4.56. The molecule has 0 saturated heterocycles. The van der Waals surface area contributed by atoms with Crippen LogP contribution in [0.15, 0.2) is 18.2 Å². The molecule has 0 radical (unpaired) electrons. The van der Waals surface area contributed by atoms with Crippen molar-refractivity contribution in [3.8, 4) is 0 Å². The Balaban J connectivity index is 2.29. The zero-order valence-electron chi connectivity index (χ0n) is 11.6. The lowest BCUT2D eigenvalue weighted by atomic mass is 10.0. The predicted molar refractivity (Wildman–Crippen MR) is 86.5 cm³/mol. The van der Waals surface area contributed by atoms with Crippen molar-refractivity contribution >= 4 is 32.9 Å². The van der Waals surface area contributed by atoms with Crippen LogP contribution in [0.25, 0.3) is 0 Å². The first-order valence-electron chi connectivity index (χ1n) is 6.83. The van der Waals surface area contributed by atoms with Gasteiger partial charge in [0.05, 0.1) is 10.9 Å². The molecule has 1 aliphatic carbocycles. The average molecular weight is 312 g/mol. The zero-order chi connectivity index (χ0) is 14.8. The summed E-state index contributed by atoms with van der Waals surface area (Å²) >= 11 is 5.03. The Morgan fingerprint density at radius 3 is 2.55 bits per heavy atom. The molecule has 1 saturated carbocycles. The van der Waals surface area contributed by atoms with Crippen LogP contribution in [0.1, 0.15) is 43.2 Å². The van der Waals surface area contributed by atoms with E-state index in [1.807, 2.05) is 13.0 Å². The fourth-order valence-electron chi connectivity index (χ4n) is 2.69. The summed E-state index contributed by atoms with van der Waals surface area (Å²) in [6.07, 6.45) is 4.52. The molecule has 0 amide bonds. The molecular formula is C14H20N2O2S2. The number of hydrogen-bond acceptors (Lipinski definition) is 3. The molecule has 1 aromatic rings. The van der Waals surface area contributed by atoms with Gasteiger partial charge >= 0.3 is 0 Å². The van der Waals surface area contributed by atoms with Gasteiger partial charge in [-0.2, -0.15) is 0 Å². The van der Waals surface area contributed by atoms with Crippen molar-refractivity contribution in [2.45, 2.75) is 44.3 Å². The highest BCUT2D eigenvalue weighted by Crippen LogP contribution is 2.27. The van der Waals surface area contributed by atoms with Gasteiger partial charge < -0.3 is 5.73 Å². The minimum absolute atomic E-state index is 0.212. The molecule has 2 rings (SSSR count). The maximum atomic E-state index is 12.4. The van der Waals surface area contributed by atoms with Crippen LogP contribution in [0.2, 0.25) is 0 Å². The molecule has 1 aliphatic rings. The van der Waals surface area contributed by atoms with Crippen LogP contribution in [0.5, 0.6) is 0 Å². The summed E-state index contributed by atoms with van der Waals surface area (Å²) < 4.78 is 27.6. The molecule has 0 atom stereocenters. The van der Waals surface area contributed by atoms with Crippen molar-refractivity contribution in [3.05, 3.63) is 29.3 Å². The number of rotatable bonds is 4. The van der Waals surface area contributed by atoms with Crippen LogP contribution < -0.4 is 10.5 Å². The number of nitrogens with one attached hydrogen (secondary N) is 1. The van der Waals surface area contributed by atoms with Gasteiger partial charge in [-0.25, -0.2) is 8.42 Å². The van der Waals surface area contributed by atoms with Crippen molar-refractivity contribution in [1.82, 2.24) is 0 Å². The van der Waals surface area contributed by atoms with Gasteiger partial charge in [0.15, 0.2) is 0 Å². The van der Waals surface area contributed by atoms with E-state index in [-0.39, 0.29) is 10.2 Å². The normalized spacial score (nSPS) is 16.9. The van der Waals surface area contributed by atoms with Gasteiger partial charge in [0.1, 0.15) is 4.99 Å². The minimum atomic E-state index is -3.37. The molecule has 6 heteroatoms. The second-order valence-corrected chi connectivity index (χ2v) is 7.67. The fraction of sp³-hybridized carbons (Fsp3) is 0.500. The second-order valence-electron chi connectivity index (χ2n) is 5.27. The number of thiocarbonyl (C=S) groups is 1. The van der Waals surface area contributed by atoms with E-state index in [0.29, 0.717) is 11.3 Å². The Labute approximate surface area is 125 Å². The molecule has 20 heavy (non-hydrogen) atoms. The highest BCUT2D eigenvalue weighted by molar-refractivity contribution is 7.93. The van der Waals surface area contributed by atoms with Crippen molar-refractivity contribution < 1.29 is 8.42 Å². The first-order valence-corrected chi connectivity index (χ1v) is 8.78. The van der Waals surface area contributed by atoms with E-state index in [4.69, 9.17) is 18.0 Å². The standard InChI is InChI=1S/C14H20N2O2S2/c1-10-6-5-9-12(13(10)14(15)19)16-20(17,18)11-7-3-2-4-8-11/h5-6,9,11,16H,2-4,7-8H2,1H3,(H2,15,19). The van der Waals surface area contributed by atoms with E-state index in [1.165, 1.54) is 0 Å². The molecule has 0 unspecified atom stereocenters. The lowest BCUT2D eigenvalue weighted by molar-refractivity contribution is 0.486. The summed E-state index contributed by atoms with van der Waals surface area (Å²) in [5, 5.41) is -0.309. The van der Waals surface area contributed by atoms with Crippen molar-refractivity contribution in [2.75, 3.05) is 4.72 Å². The van der Waals surface area contributed by atoms with Gasteiger partial charge in [0.25, 0.3) is 0 Å². The topological polar surface area (TPSA) is 72.2 Å². The molecule has 110 valence electrons. The van der Waals surface area contributed by atoms with Gasteiger partial charge in [-0.15, -0.1) is 0 Å². The summed E-state index contributed by atoms with van der Waals surface area (Å²) in [6.45, 7) is 1.87. The number of aryl methyl sites for hydroxylation is 1. The summed E-state index contributed by atoms with van der Waals surface area (Å²) in [5.41, 5.74) is 7.69. The Kier molecular flexibility index (Phi) is 4.65. The largest absolute Gasteiger partial charge is 0.389 e. The number of anilines is 1. The molecule has 1 fully saturated rings. The Morgan fingerprint density at radius 1 is 1.30 bits per heavy atom. The van der Waals surface area contributed by atoms with E-state index in [0.717, 1.165) is 37.7 Å². The van der Waals surface area contributed by atoms with Gasteiger partial charge in [0.2, 0.25) is 10.0 Å². The third-order valence-electron chi connectivity index (χ3n) is 3.76. The summed E-state index contributed by atoms with van der Waals surface area (Å²) in [5.74, 6) is 0. The summed E-state index contributed by atoms with van der Waals surface area (Å²) in [7, 11) is -3.37. The molecule has 0 bridgehead atoms. The average Bonchev–Trinajstić information content (AvgIpc) is 2.39. The highest BCUT2D eigenvalue weighted by Gasteiger charge is 2.28. The van der Waals surface area contributed by atoms with Crippen molar-refractivity contribution in [2.24, 2.45) is 5.73 Å². The number of hydrogen-bond donors (Lipinski definition) is 2. The lowest BCUT2D eigenvalue weighted by Gasteiger charge is -2.23. The van der Waals surface area contributed by atoms with Crippen LogP contribution in [-0.4, -0.2) is 18.7 Å². The Hall–Kier alpha value is -1.14. The Bertz CT molecular complexity index is 606. The summed E-state index contributed by atoms with van der Waals surface area (Å²) in [6, 6.07) is 5.38. The molecule has 1 aromatic carbocycles. The minimum Gasteiger partial charge on any atom is -0.389 e. The highest BCUT2D eigenvalue weighted by atomic mass is 32.2. The van der Waals surface area contributed by atoms with Gasteiger partial charge in [-0.05, 0) is 31.4 Å². The van der Waals surface area contributed by atoms with Crippen LogP contribution in [-0.2, 0) is 10.0 Å².